The number of fused-ring (bicyclic) bond motifs is 2. The number of hydrogen-bond acceptors (Lipinski definition) is 6. The van der Waals surface area contributed by atoms with Gasteiger partial charge in [-0.15, -0.1) is 11.3 Å². The normalized spacial score (nSPS) is 18.6. The summed E-state index contributed by atoms with van der Waals surface area (Å²) in [5, 5.41) is 5.31. The molecule has 5 heterocycles. The summed E-state index contributed by atoms with van der Waals surface area (Å²) in [6, 6.07) is 5.27. The zero-order valence-corrected chi connectivity index (χ0v) is 17.4. The lowest BCUT2D eigenvalue weighted by Gasteiger charge is -2.26. The van der Waals surface area contributed by atoms with E-state index in [0.29, 0.717) is 24.4 Å². The number of nitrogens with zero attached hydrogens (tertiary/aromatic N) is 5. The Morgan fingerprint density at radius 3 is 3.00 bits per heavy atom. The molecule has 9 heteroatoms. The summed E-state index contributed by atoms with van der Waals surface area (Å²) in [4.78, 5) is 12.9. The van der Waals surface area contributed by atoms with Crippen molar-refractivity contribution in [2.24, 2.45) is 0 Å². The second-order valence-electron chi connectivity index (χ2n) is 7.82. The predicted molar refractivity (Wildman–Crippen MR) is 113 cm³/mol. The lowest BCUT2D eigenvalue weighted by Crippen LogP contribution is -2.24. The number of halogens is 2. The summed E-state index contributed by atoms with van der Waals surface area (Å²) in [7, 11) is 0. The van der Waals surface area contributed by atoms with E-state index in [1.165, 1.54) is 12.1 Å². The highest BCUT2D eigenvalue weighted by Crippen LogP contribution is 2.38. The minimum Gasteiger partial charge on any atom is -0.375 e. The third-order valence-electron chi connectivity index (χ3n) is 5.94. The van der Waals surface area contributed by atoms with E-state index >= 15 is 0 Å². The Kier molecular flexibility index (Phi) is 4.46. The molecule has 4 aromatic rings. The van der Waals surface area contributed by atoms with Crippen LogP contribution in [-0.2, 0) is 17.8 Å². The van der Waals surface area contributed by atoms with Gasteiger partial charge in [0.25, 0.3) is 0 Å². The molecule has 1 aromatic carbocycles. The average molecular weight is 439 g/mol. The Hall–Kier alpha value is -2.91. The van der Waals surface area contributed by atoms with Crippen molar-refractivity contribution in [1.82, 2.24) is 19.6 Å². The van der Waals surface area contributed by atoms with Crippen LogP contribution in [0.1, 0.15) is 35.0 Å². The molecule has 31 heavy (non-hydrogen) atoms. The number of thiazole rings is 1. The molecule has 0 unspecified atom stereocenters. The van der Waals surface area contributed by atoms with Crippen molar-refractivity contribution >= 4 is 22.8 Å². The van der Waals surface area contributed by atoms with E-state index in [1.54, 1.807) is 22.0 Å². The van der Waals surface area contributed by atoms with Crippen LogP contribution in [0.4, 0.5) is 14.6 Å². The van der Waals surface area contributed by atoms with E-state index in [4.69, 9.17) is 14.7 Å². The molecule has 6 nitrogen and oxygen atoms in total. The van der Waals surface area contributed by atoms with Crippen molar-refractivity contribution in [3.05, 3.63) is 64.4 Å². The number of anilines is 1. The Bertz CT molecular complexity index is 1260. The first-order chi connectivity index (χ1) is 15.2. The van der Waals surface area contributed by atoms with Crippen molar-refractivity contribution < 1.29 is 13.5 Å². The highest BCUT2D eigenvalue weighted by atomic mass is 32.1. The van der Waals surface area contributed by atoms with Crippen LogP contribution in [0.3, 0.4) is 0 Å². The van der Waals surface area contributed by atoms with Gasteiger partial charge >= 0.3 is 0 Å². The highest BCUT2D eigenvalue weighted by molar-refractivity contribution is 7.15. The topological polar surface area (TPSA) is 55.5 Å². The van der Waals surface area contributed by atoms with Gasteiger partial charge in [-0.05, 0) is 37.1 Å². The third-order valence-corrected chi connectivity index (χ3v) is 7.05. The van der Waals surface area contributed by atoms with Crippen molar-refractivity contribution in [2.45, 2.75) is 31.9 Å². The van der Waals surface area contributed by atoms with E-state index in [1.807, 2.05) is 12.3 Å². The molecular formula is C22H19F2N5OS. The molecule has 3 aromatic heterocycles. The molecule has 1 fully saturated rings. The molecule has 0 saturated carbocycles. The molecule has 0 N–H and O–H groups in total. The molecule has 2 aliphatic rings. The van der Waals surface area contributed by atoms with Crippen molar-refractivity contribution in [1.29, 1.82) is 0 Å². The molecular weight excluding hydrogens is 420 g/mol. The van der Waals surface area contributed by atoms with Gasteiger partial charge in [-0.3, -0.25) is 0 Å². The summed E-state index contributed by atoms with van der Waals surface area (Å²) in [6.07, 6.45) is 6.09. The minimum absolute atomic E-state index is 0.249. The van der Waals surface area contributed by atoms with Gasteiger partial charge in [0.15, 0.2) is 5.65 Å². The second kappa shape index (κ2) is 7.35. The van der Waals surface area contributed by atoms with Crippen LogP contribution in [0, 0.1) is 11.6 Å². The Balaban J connectivity index is 1.40. The first-order valence-electron chi connectivity index (χ1n) is 10.3. The van der Waals surface area contributed by atoms with Crippen molar-refractivity contribution in [3.8, 4) is 10.6 Å². The molecule has 158 valence electrons. The molecule has 0 bridgehead atoms. The zero-order chi connectivity index (χ0) is 20.9. The molecule has 0 spiro atoms. The van der Waals surface area contributed by atoms with Gasteiger partial charge in [0.2, 0.25) is 0 Å². The fourth-order valence-corrected chi connectivity index (χ4v) is 5.50. The van der Waals surface area contributed by atoms with Crippen LogP contribution in [-0.4, -0.2) is 32.7 Å². The highest BCUT2D eigenvalue weighted by Gasteiger charge is 2.30. The first-order valence-corrected chi connectivity index (χ1v) is 11.1. The van der Waals surface area contributed by atoms with Crippen molar-refractivity contribution in [2.75, 3.05) is 18.1 Å². The maximum Gasteiger partial charge on any atom is 0.167 e. The molecule has 0 radical (unpaired) electrons. The van der Waals surface area contributed by atoms with Crippen LogP contribution in [0.2, 0.25) is 0 Å². The second-order valence-corrected chi connectivity index (χ2v) is 8.90. The van der Waals surface area contributed by atoms with Crippen LogP contribution in [0.25, 0.3) is 16.2 Å². The molecule has 0 amide bonds. The van der Waals surface area contributed by atoms with E-state index in [0.717, 1.165) is 58.8 Å². The van der Waals surface area contributed by atoms with E-state index in [2.05, 4.69) is 10.00 Å². The van der Waals surface area contributed by atoms with Crippen molar-refractivity contribution in [3.63, 3.8) is 0 Å². The fourth-order valence-electron chi connectivity index (χ4n) is 4.44. The Morgan fingerprint density at radius 2 is 2.10 bits per heavy atom. The van der Waals surface area contributed by atoms with Gasteiger partial charge in [0.1, 0.15) is 22.5 Å². The van der Waals surface area contributed by atoms with E-state index in [-0.39, 0.29) is 11.9 Å². The molecule has 1 atom stereocenters. The summed E-state index contributed by atoms with van der Waals surface area (Å²) in [5.74, 6) is -0.0912. The minimum atomic E-state index is -0.429. The van der Waals surface area contributed by atoms with Gasteiger partial charge in [-0.25, -0.2) is 23.3 Å². The number of rotatable bonds is 3. The van der Waals surface area contributed by atoms with Crippen LogP contribution in [0.15, 0.2) is 36.7 Å². The number of benzene rings is 1. The Morgan fingerprint density at radius 1 is 1.16 bits per heavy atom. The molecule has 6 rings (SSSR count). The number of ether oxygens (including phenoxy) is 1. The van der Waals surface area contributed by atoms with Crippen LogP contribution < -0.4 is 4.90 Å². The quantitative estimate of drug-likeness (QED) is 0.469. The summed E-state index contributed by atoms with van der Waals surface area (Å²) in [6.45, 7) is 2.02. The largest absolute Gasteiger partial charge is 0.375 e. The van der Waals surface area contributed by atoms with Gasteiger partial charge in [-0.1, -0.05) is 0 Å². The third kappa shape index (κ3) is 3.19. The SMILES string of the molecule is Fc1ccc(F)c([C@H]2CCCN2c2ccn3ncc(-c4nc5c(s4)COCC5)c3n2)c1. The van der Waals surface area contributed by atoms with E-state index in [9.17, 15) is 8.78 Å². The number of aromatic nitrogens is 4. The number of hydrogen-bond donors (Lipinski definition) is 0. The van der Waals surface area contributed by atoms with Gasteiger partial charge in [-0.2, -0.15) is 5.10 Å². The molecule has 0 aliphatic carbocycles. The van der Waals surface area contributed by atoms with Crippen LogP contribution >= 0.6 is 11.3 Å². The summed E-state index contributed by atoms with van der Waals surface area (Å²) >= 11 is 1.61. The maximum atomic E-state index is 14.5. The van der Waals surface area contributed by atoms with Gasteiger partial charge in [0, 0.05) is 24.7 Å². The average Bonchev–Trinajstić information content (AvgIpc) is 3.52. The molecule has 2 aliphatic heterocycles. The van der Waals surface area contributed by atoms with Crippen LogP contribution in [0.5, 0.6) is 0 Å². The smallest absolute Gasteiger partial charge is 0.167 e. The molecule has 1 saturated heterocycles. The fraction of sp³-hybridized carbons (Fsp3) is 0.318. The summed E-state index contributed by atoms with van der Waals surface area (Å²) < 4.78 is 35.5. The van der Waals surface area contributed by atoms with E-state index < -0.39 is 5.82 Å². The van der Waals surface area contributed by atoms with Gasteiger partial charge in [0.05, 0.1) is 41.6 Å². The summed E-state index contributed by atoms with van der Waals surface area (Å²) in [5.41, 5.74) is 3.03. The predicted octanol–water partition coefficient (Wildman–Crippen LogP) is 4.55. The Labute approximate surface area is 181 Å². The standard InChI is InChI=1S/C22H19F2N5OS/c23-13-3-4-16(24)14(10-13)18-2-1-7-28(18)20-5-8-29-21(27-20)15(11-25-29)22-26-17-6-9-30-12-19(17)31-22/h3-5,8,10-11,18H,1-2,6-7,9,12H2/t18-/m1/s1. The zero-order valence-electron chi connectivity index (χ0n) is 16.6. The van der Waals surface area contributed by atoms with Gasteiger partial charge < -0.3 is 9.64 Å². The maximum absolute atomic E-state index is 14.5. The monoisotopic (exact) mass is 439 g/mol. The lowest BCUT2D eigenvalue weighted by molar-refractivity contribution is 0.112. The first kappa shape index (κ1) is 18.8. The lowest BCUT2D eigenvalue weighted by atomic mass is 10.0.